The molecule has 0 saturated carbocycles. The summed E-state index contributed by atoms with van der Waals surface area (Å²) in [7, 11) is 0. The van der Waals surface area contributed by atoms with Crippen LogP contribution in [-0.2, 0) is 84.6 Å². The average Bonchev–Trinajstić information content (AvgIpc) is 1.30. The molecule has 18 nitrogen and oxygen atoms in total. The minimum Gasteiger partial charge on any atom is -0.488 e. The number of hydrogen-bond donors (Lipinski definition) is 6. The summed E-state index contributed by atoms with van der Waals surface area (Å²) in [6, 6.07) is 132. The summed E-state index contributed by atoms with van der Waals surface area (Å²) in [5.41, 5.74) is 17.8. The van der Waals surface area contributed by atoms with Crippen LogP contribution in [0.3, 0.4) is 0 Å². The Bertz CT molecular complexity index is 6630. The molecular formula is C126H118N4O14S2. The number of ether oxygens (including phenoxy) is 3. The number of carbonyl (C=O) groups is 9. The van der Waals surface area contributed by atoms with Gasteiger partial charge in [0.2, 0.25) is 11.8 Å². The molecule has 0 radical (unpaired) electrons. The molecule has 146 heavy (non-hydrogen) atoms. The highest BCUT2D eigenvalue weighted by Crippen LogP contribution is 2.52. The Hall–Kier alpha value is -15.8. The third kappa shape index (κ3) is 26.2. The van der Waals surface area contributed by atoms with Gasteiger partial charge in [-0.1, -0.05) is 413 Å². The predicted molar refractivity (Wildman–Crippen MR) is 577 cm³/mol. The zero-order valence-corrected chi connectivity index (χ0v) is 83.3. The first-order valence-corrected chi connectivity index (χ1v) is 51.4. The fourth-order valence-electron chi connectivity index (χ4n) is 19.7. The second-order valence-electron chi connectivity index (χ2n) is 37.9. The van der Waals surface area contributed by atoms with Crippen LogP contribution in [0.5, 0.6) is 5.75 Å². The molecule has 0 aliphatic heterocycles. The van der Waals surface area contributed by atoms with E-state index < -0.39 is 105 Å². The third-order valence-electron chi connectivity index (χ3n) is 26.9. The van der Waals surface area contributed by atoms with Gasteiger partial charge in [-0.05, 0) is 171 Å². The number of thioether (sulfide) groups is 2. The van der Waals surface area contributed by atoms with Gasteiger partial charge >= 0.3 is 24.1 Å². The molecule has 0 saturated heterocycles. The molecule has 0 unspecified atom stereocenters. The van der Waals surface area contributed by atoms with Gasteiger partial charge in [-0.3, -0.25) is 28.8 Å². The molecule has 0 spiro atoms. The number of hydrogen-bond acceptors (Lipinski definition) is 14. The standard InChI is InChI=1S/C70H68N2O8S.C56H50N2O6S/c1-69(2,3)80-56-39-37-50(38-40-56)42-52(67(76)77)45-65(74)63(47-81-70(53-27-13-6-14-28-53,54-29-15-7-16-30-54)55-31-17-8-18-32-55)71-66(75)51(41-48-23-9-4-10-24-48)44-64(73)62(43-49-25-11-5-12-26-49)72-68(78)79-46-61-59-35-21-19-33-57(59)58-34-20-22-36-60(58)61;59-52(50(35-40-22-8-2-9-23-40)58-55(63)64-37-49-47-32-18-16-30-45(47)46-31-17-19-33-48(46)49)36-41(34-39-20-6-1-7-21-39)53(60)57-51(54(61)62)38-65-56(42-24-10-3-11-25-42,43-26-12-4-13-27-43)44-28-14-5-15-29-44/h4-40,51-52,61-63H,41-47H2,1-3H3,(H,71,75)(H,72,78)(H,76,77);1-33,41,49-51H,34-38H2,(H,57,60)(H,58,63)(H,61,62)/t51-,52-,62+,63+;41-,50+,51+/m11/s1. The maximum Gasteiger partial charge on any atom is 0.407 e. The first-order chi connectivity index (χ1) is 71.0. The summed E-state index contributed by atoms with van der Waals surface area (Å²) in [5.74, 6) is -7.55. The zero-order chi connectivity index (χ0) is 102. The lowest BCUT2D eigenvalue weighted by atomic mass is 9.84. The number of ketones is 3. The van der Waals surface area contributed by atoms with Gasteiger partial charge in [0.25, 0.3) is 0 Å². The molecule has 20 heteroatoms. The number of fused-ring (bicyclic) bond motifs is 6. The first-order valence-electron chi connectivity index (χ1n) is 49.5. The Labute approximate surface area is 861 Å². The van der Waals surface area contributed by atoms with Crippen molar-refractivity contribution in [1.29, 1.82) is 0 Å². The van der Waals surface area contributed by atoms with E-state index in [4.69, 9.17) is 14.2 Å². The maximum absolute atomic E-state index is 15.4. The number of rotatable bonds is 44. The van der Waals surface area contributed by atoms with Crippen LogP contribution in [0.2, 0.25) is 0 Å². The molecule has 15 aromatic carbocycles. The van der Waals surface area contributed by atoms with E-state index in [0.29, 0.717) is 11.3 Å². The van der Waals surface area contributed by atoms with Crippen LogP contribution < -0.4 is 26.0 Å². The lowest BCUT2D eigenvalue weighted by Gasteiger charge is -2.36. The van der Waals surface area contributed by atoms with Crippen LogP contribution in [0.1, 0.15) is 135 Å². The summed E-state index contributed by atoms with van der Waals surface area (Å²) in [5, 5.41) is 33.2. The van der Waals surface area contributed by atoms with E-state index in [1.165, 1.54) is 23.5 Å². The predicted octanol–water partition coefficient (Wildman–Crippen LogP) is 23.5. The van der Waals surface area contributed by atoms with Crippen molar-refractivity contribution < 1.29 is 67.6 Å². The molecule has 738 valence electrons. The third-order valence-corrected chi connectivity index (χ3v) is 30.1. The minimum absolute atomic E-state index is 0.00569. The molecular weight excluding hydrogens is 1860 g/mol. The maximum atomic E-state index is 15.4. The second-order valence-corrected chi connectivity index (χ2v) is 40.4. The summed E-state index contributed by atoms with van der Waals surface area (Å²) in [6.07, 6.45) is -1.81. The van der Waals surface area contributed by atoms with Gasteiger partial charge < -0.3 is 45.7 Å². The zero-order valence-electron chi connectivity index (χ0n) is 81.7. The molecule has 2 aliphatic carbocycles. The molecule has 15 aromatic rings. The van der Waals surface area contributed by atoms with Crippen molar-refractivity contribution in [3.8, 4) is 28.0 Å². The topological polar surface area (TPSA) is 270 Å². The van der Waals surface area contributed by atoms with E-state index in [1.807, 2.05) is 409 Å². The summed E-state index contributed by atoms with van der Waals surface area (Å²) >= 11 is 2.91. The molecule has 4 amide bonds. The quantitative estimate of drug-likeness (QED) is 0.0194. The van der Waals surface area contributed by atoms with Gasteiger partial charge in [0.1, 0.15) is 30.6 Å². The summed E-state index contributed by atoms with van der Waals surface area (Å²) < 4.78 is 16.2. The van der Waals surface area contributed by atoms with Crippen molar-refractivity contribution in [1.82, 2.24) is 21.3 Å². The van der Waals surface area contributed by atoms with Crippen LogP contribution in [0.4, 0.5) is 9.59 Å². The molecule has 2 aliphatic rings. The fourth-order valence-corrected chi connectivity index (χ4v) is 22.9. The fraction of sp³-hybridized carbons (Fsp3) is 0.214. The molecule has 6 N–H and O–H groups in total. The van der Waals surface area contributed by atoms with Crippen molar-refractivity contribution in [3.63, 3.8) is 0 Å². The number of alkyl carbamates (subject to hydrolysis) is 2. The van der Waals surface area contributed by atoms with Gasteiger partial charge in [-0.2, -0.15) is 0 Å². The highest BCUT2D eigenvalue weighted by Gasteiger charge is 2.44. The van der Waals surface area contributed by atoms with Crippen LogP contribution in [0.25, 0.3) is 22.3 Å². The molecule has 0 heterocycles. The van der Waals surface area contributed by atoms with Crippen molar-refractivity contribution in [3.05, 3.63) is 508 Å². The first kappa shape index (κ1) is 103. The van der Waals surface area contributed by atoms with Crippen LogP contribution in [-0.4, -0.2) is 118 Å². The van der Waals surface area contributed by atoms with Crippen LogP contribution in [0.15, 0.2) is 425 Å². The Morgan fingerprint density at radius 3 is 0.815 bits per heavy atom. The highest BCUT2D eigenvalue weighted by atomic mass is 32.2. The molecule has 0 fully saturated rings. The molecule has 0 bridgehead atoms. The lowest BCUT2D eigenvalue weighted by molar-refractivity contribution is -0.144. The Kier molecular flexibility index (Phi) is 34.9. The van der Waals surface area contributed by atoms with Gasteiger partial charge in [-0.15, -0.1) is 23.5 Å². The lowest BCUT2D eigenvalue weighted by Crippen LogP contribution is -2.49. The van der Waals surface area contributed by atoms with Gasteiger partial charge in [0.05, 0.1) is 33.5 Å². The number of carboxylic acids is 2. The molecule has 7 atom stereocenters. The minimum atomic E-state index is -1.31. The van der Waals surface area contributed by atoms with Gasteiger partial charge in [0.15, 0.2) is 17.3 Å². The number of Topliss-reactive ketones (excluding diaryl/α,β-unsaturated/α-hetero) is 3. The number of aliphatic carboxylic acids is 2. The second kappa shape index (κ2) is 49.5. The van der Waals surface area contributed by atoms with E-state index in [0.717, 1.165) is 100 Å². The molecule has 0 aromatic heterocycles. The Morgan fingerprint density at radius 2 is 0.521 bits per heavy atom. The number of carboxylic acid groups (broad SMARTS) is 2. The number of amides is 4. The van der Waals surface area contributed by atoms with Gasteiger partial charge in [0, 0.05) is 54.4 Å². The van der Waals surface area contributed by atoms with Crippen LogP contribution in [0, 0.1) is 17.8 Å². The number of carbonyl (C=O) groups excluding carboxylic acids is 7. The SMILES string of the molecule is CC(C)(C)Oc1ccc(C[C@H](CC(=O)[C@H](CSC(c2ccccc2)(c2ccccc2)c2ccccc2)NC(=O)[C@@H](CC(=O)[C@H](Cc2ccccc2)NC(=O)OCC2c3ccccc3-c3ccccc32)Cc2ccccc2)C(=O)O)cc1.O=C(N[C@@H](Cc1ccccc1)C(=O)C[C@@H](Cc1ccccc1)C(=O)N[C@@H](CSC(c1ccccc1)(c1ccccc1)c1ccccc1)C(=O)O)OCC1c2ccccc2-c2ccccc21. The highest BCUT2D eigenvalue weighted by molar-refractivity contribution is 8.01. The van der Waals surface area contributed by atoms with Crippen molar-refractivity contribution >= 4 is 76.8 Å². The van der Waals surface area contributed by atoms with E-state index >= 15 is 14.4 Å². The summed E-state index contributed by atoms with van der Waals surface area (Å²) in [4.78, 5) is 129. The molecule has 17 rings (SSSR count). The van der Waals surface area contributed by atoms with E-state index in [1.54, 1.807) is 12.1 Å². The Balaban J connectivity index is 0.000000214. The number of nitrogens with one attached hydrogen (secondary N) is 4. The monoisotopic (exact) mass is 1970 g/mol. The largest absolute Gasteiger partial charge is 0.488 e. The normalized spacial score (nSPS) is 13.5. The smallest absolute Gasteiger partial charge is 0.407 e. The van der Waals surface area contributed by atoms with E-state index in [9.17, 15) is 39.0 Å². The summed E-state index contributed by atoms with van der Waals surface area (Å²) in [6.45, 7) is 5.95. The number of benzene rings is 15. The Morgan fingerprint density at radius 1 is 0.274 bits per heavy atom. The average molecular weight is 1980 g/mol. The van der Waals surface area contributed by atoms with Crippen molar-refractivity contribution in [2.45, 2.75) is 123 Å². The van der Waals surface area contributed by atoms with Crippen molar-refractivity contribution in [2.75, 3.05) is 24.7 Å². The van der Waals surface area contributed by atoms with Crippen molar-refractivity contribution in [2.24, 2.45) is 17.8 Å². The van der Waals surface area contributed by atoms with Crippen LogP contribution >= 0.6 is 23.5 Å². The van der Waals surface area contributed by atoms with E-state index in [-0.39, 0.29) is 93.7 Å². The van der Waals surface area contributed by atoms with Gasteiger partial charge in [-0.25, -0.2) is 14.4 Å². The van der Waals surface area contributed by atoms with E-state index in [2.05, 4.69) is 45.5 Å².